The van der Waals surface area contributed by atoms with Crippen molar-refractivity contribution in [3.05, 3.63) is 70.3 Å². The molecule has 2 aromatic rings. The fraction of sp³-hybridized carbons (Fsp3) is 0.333. The first kappa shape index (κ1) is 13.3. The van der Waals surface area contributed by atoms with E-state index in [1.54, 1.807) is 0 Å². The van der Waals surface area contributed by atoms with Crippen molar-refractivity contribution in [2.75, 3.05) is 6.54 Å². The highest BCUT2D eigenvalue weighted by atomic mass is 15.1. The molecule has 0 radical (unpaired) electrons. The Morgan fingerprint density at radius 3 is 2.30 bits per heavy atom. The van der Waals surface area contributed by atoms with Crippen LogP contribution in [0.2, 0.25) is 0 Å². The van der Waals surface area contributed by atoms with E-state index >= 15 is 0 Å². The summed E-state index contributed by atoms with van der Waals surface area (Å²) >= 11 is 0. The Morgan fingerprint density at radius 2 is 1.70 bits per heavy atom. The first-order chi connectivity index (χ1) is 9.63. The lowest BCUT2D eigenvalue weighted by Crippen LogP contribution is -2.28. The van der Waals surface area contributed by atoms with Gasteiger partial charge in [-0.3, -0.25) is 4.90 Å². The normalized spacial score (nSPS) is 16.1. The van der Waals surface area contributed by atoms with Gasteiger partial charge in [0.1, 0.15) is 0 Å². The van der Waals surface area contributed by atoms with E-state index in [2.05, 4.69) is 61.2 Å². The molecule has 1 heterocycles. The van der Waals surface area contributed by atoms with Crippen LogP contribution in [0.4, 0.5) is 0 Å². The summed E-state index contributed by atoms with van der Waals surface area (Å²) in [5.74, 6) is 0. The molecule has 3 rings (SSSR count). The van der Waals surface area contributed by atoms with Crippen molar-refractivity contribution in [2.45, 2.75) is 33.0 Å². The van der Waals surface area contributed by atoms with E-state index in [1.807, 2.05) is 0 Å². The van der Waals surface area contributed by atoms with E-state index in [0.717, 1.165) is 19.6 Å². The van der Waals surface area contributed by atoms with Crippen LogP contribution >= 0.6 is 0 Å². The van der Waals surface area contributed by atoms with Gasteiger partial charge in [-0.25, -0.2) is 0 Å². The molecular weight excluding hydrogens is 244 g/mol. The molecule has 2 nitrogen and oxygen atoms in total. The van der Waals surface area contributed by atoms with Crippen LogP contribution in [0.15, 0.2) is 42.5 Å². The molecule has 0 saturated carbocycles. The van der Waals surface area contributed by atoms with E-state index in [1.165, 1.54) is 27.8 Å². The van der Waals surface area contributed by atoms with Crippen LogP contribution in [-0.2, 0) is 13.1 Å². The molecule has 20 heavy (non-hydrogen) atoms. The summed E-state index contributed by atoms with van der Waals surface area (Å²) in [6.07, 6.45) is 0. The van der Waals surface area contributed by atoms with Crippen LogP contribution in [0.25, 0.3) is 0 Å². The van der Waals surface area contributed by atoms with Crippen molar-refractivity contribution < 1.29 is 0 Å². The standard InChI is InChI=1S/C18H22N2/c1-13-7-8-17(14(2)9-13)18(19)12-20-10-15-5-3-4-6-16(15)11-20/h3-9,18H,10-12,19H2,1-2H3. The Morgan fingerprint density at radius 1 is 1.05 bits per heavy atom. The summed E-state index contributed by atoms with van der Waals surface area (Å²) < 4.78 is 0. The zero-order valence-corrected chi connectivity index (χ0v) is 12.3. The van der Waals surface area contributed by atoms with Crippen molar-refractivity contribution in [2.24, 2.45) is 5.73 Å². The zero-order chi connectivity index (χ0) is 14.1. The van der Waals surface area contributed by atoms with Crippen LogP contribution in [0.3, 0.4) is 0 Å². The van der Waals surface area contributed by atoms with Gasteiger partial charge in [-0.2, -0.15) is 0 Å². The molecule has 0 aliphatic carbocycles. The molecule has 0 aromatic heterocycles. The quantitative estimate of drug-likeness (QED) is 0.923. The Labute approximate surface area is 121 Å². The van der Waals surface area contributed by atoms with E-state index in [9.17, 15) is 0 Å². The molecule has 1 atom stereocenters. The number of hydrogen-bond donors (Lipinski definition) is 1. The Kier molecular flexibility index (Phi) is 3.60. The minimum atomic E-state index is 0.0879. The lowest BCUT2D eigenvalue weighted by atomic mass is 9.99. The highest BCUT2D eigenvalue weighted by Gasteiger charge is 2.21. The van der Waals surface area contributed by atoms with Crippen molar-refractivity contribution in [1.29, 1.82) is 0 Å². The fourth-order valence-electron chi connectivity index (χ4n) is 3.15. The molecule has 2 aromatic carbocycles. The van der Waals surface area contributed by atoms with Gasteiger partial charge in [-0.05, 0) is 36.1 Å². The second-order valence-corrected chi connectivity index (χ2v) is 5.90. The largest absolute Gasteiger partial charge is 0.323 e. The van der Waals surface area contributed by atoms with Gasteiger partial charge in [0.25, 0.3) is 0 Å². The van der Waals surface area contributed by atoms with Gasteiger partial charge in [-0.15, -0.1) is 0 Å². The summed E-state index contributed by atoms with van der Waals surface area (Å²) in [5.41, 5.74) is 13.2. The van der Waals surface area contributed by atoms with Crippen LogP contribution in [-0.4, -0.2) is 11.4 Å². The third-order valence-electron chi connectivity index (χ3n) is 4.19. The van der Waals surface area contributed by atoms with Gasteiger partial charge in [-0.1, -0.05) is 48.0 Å². The van der Waals surface area contributed by atoms with Crippen LogP contribution in [0.5, 0.6) is 0 Å². The van der Waals surface area contributed by atoms with E-state index in [4.69, 9.17) is 5.73 Å². The SMILES string of the molecule is Cc1ccc(C(N)CN2Cc3ccccc3C2)c(C)c1. The smallest absolute Gasteiger partial charge is 0.0427 e. The molecule has 0 fully saturated rings. The molecule has 2 heteroatoms. The summed E-state index contributed by atoms with van der Waals surface area (Å²) in [4.78, 5) is 2.44. The maximum absolute atomic E-state index is 6.42. The number of fused-ring (bicyclic) bond motifs is 1. The molecular formula is C18H22N2. The van der Waals surface area contributed by atoms with E-state index < -0.39 is 0 Å². The van der Waals surface area contributed by atoms with Crippen molar-refractivity contribution >= 4 is 0 Å². The van der Waals surface area contributed by atoms with Crippen LogP contribution in [0.1, 0.15) is 33.9 Å². The average Bonchev–Trinajstić information content (AvgIpc) is 2.80. The number of rotatable bonds is 3. The summed E-state index contributed by atoms with van der Waals surface area (Å²) in [7, 11) is 0. The number of nitrogens with zero attached hydrogens (tertiary/aromatic N) is 1. The Balaban J connectivity index is 1.70. The summed E-state index contributed by atoms with van der Waals surface area (Å²) in [6, 6.07) is 15.3. The second-order valence-electron chi connectivity index (χ2n) is 5.90. The first-order valence-corrected chi connectivity index (χ1v) is 7.25. The fourth-order valence-corrected chi connectivity index (χ4v) is 3.15. The van der Waals surface area contributed by atoms with E-state index in [0.29, 0.717) is 0 Å². The minimum absolute atomic E-state index is 0.0879. The van der Waals surface area contributed by atoms with Crippen LogP contribution < -0.4 is 5.73 Å². The van der Waals surface area contributed by atoms with Gasteiger partial charge in [0.05, 0.1) is 0 Å². The van der Waals surface area contributed by atoms with Crippen molar-refractivity contribution in [3.63, 3.8) is 0 Å². The van der Waals surface area contributed by atoms with Crippen LogP contribution in [0, 0.1) is 13.8 Å². The molecule has 0 spiro atoms. The van der Waals surface area contributed by atoms with Gasteiger partial charge < -0.3 is 5.73 Å². The highest BCUT2D eigenvalue weighted by molar-refractivity contribution is 5.34. The number of nitrogens with two attached hydrogens (primary N) is 1. The van der Waals surface area contributed by atoms with Gasteiger partial charge in [0.15, 0.2) is 0 Å². The molecule has 1 aliphatic rings. The average molecular weight is 266 g/mol. The zero-order valence-electron chi connectivity index (χ0n) is 12.3. The molecule has 1 unspecified atom stereocenters. The monoisotopic (exact) mass is 266 g/mol. The van der Waals surface area contributed by atoms with Gasteiger partial charge >= 0.3 is 0 Å². The van der Waals surface area contributed by atoms with Crippen molar-refractivity contribution in [3.8, 4) is 0 Å². The highest BCUT2D eigenvalue weighted by Crippen LogP contribution is 2.25. The predicted octanol–water partition coefficient (Wildman–Crippen LogP) is 3.32. The molecule has 1 aliphatic heterocycles. The lowest BCUT2D eigenvalue weighted by molar-refractivity contribution is 0.265. The number of aryl methyl sites for hydroxylation is 2. The minimum Gasteiger partial charge on any atom is -0.323 e. The number of hydrogen-bond acceptors (Lipinski definition) is 2. The lowest BCUT2D eigenvalue weighted by Gasteiger charge is -2.22. The predicted molar refractivity (Wildman–Crippen MR) is 83.4 cm³/mol. The maximum atomic E-state index is 6.42. The first-order valence-electron chi connectivity index (χ1n) is 7.25. The number of benzene rings is 2. The second kappa shape index (κ2) is 5.39. The van der Waals surface area contributed by atoms with E-state index in [-0.39, 0.29) is 6.04 Å². The third kappa shape index (κ3) is 2.62. The summed E-state index contributed by atoms with van der Waals surface area (Å²) in [5, 5.41) is 0. The molecule has 104 valence electrons. The molecule has 0 saturated heterocycles. The Hall–Kier alpha value is -1.64. The van der Waals surface area contributed by atoms with Gasteiger partial charge in [0.2, 0.25) is 0 Å². The van der Waals surface area contributed by atoms with Gasteiger partial charge in [0, 0.05) is 25.7 Å². The maximum Gasteiger partial charge on any atom is 0.0427 e. The molecule has 2 N–H and O–H groups in total. The topological polar surface area (TPSA) is 29.3 Å². The third-order valence-corrected chi connectivity index (χ3v) is 4.19. The molecule has 0 bridgehead atoms. The molecule has 0 amide bonds. The Bertz CT molecular complexity index is 594. The van der Waals surface area contributed by atoms with Crippen molar-refractivity contribution in [1.82, 2.24) is 4.90 Å². The summed E-state index contributed by atoms with van der Waals surface area (Å²) in [6.45, 7) is 7.24.